The summed E-state index contributed by atoms with van der Waals surface area (Å²) in [5, 5.41) is 12.2. The van der Waals surface area contributed by atoms with Gasteiger partial charge in [0.1, 0.15) is 6.04 Å². The van der Waals surface area contributed by atoms with Crippen LogP contribution in [-0.4, -0.2) is 50.7 Å². The number of carbonyl (C=O) groups excluding carboxylic acids is 2. The molecule has 0 spiro atoms. The van der Waals surface area contributed by atoms with Gasteiger partial charge in [0.25, 0.3) is 0 Å². The van der Waals surface area contributed by atoms with Crippen LogP contribution in [0.4, 0.5) is 4.79 Å². The fraction of sp³-hybridized carbons (Fsp3) is 0.750. The number of unbranched alkanes of at least 4 members (excludes halogenated alkanes) is 1. The van der Waals surface area contributed by atoms with Gasteiger partial charge >= 0.3 is 6.09 Å². The maximum absolute atomic E-state index is 12.0. The van der Waals surface area contributed by atoms with E-state index in [1.807, 2.05) is 0 Å². The summed E-state index contributed by atoms with van der Waals surface area (Å²) >= 11 is 0. The molecule has 0 fully saturated rings. The molecular formula is C12H24N4O4. The van der Waals surface area contributed by atoms with Gasteiger partial charge in [-0.2, -0.15) is 0 Å². The zero-order valence-corrected chi connectivity index (χ0v) is 12.2. The first-order valence-electron chi connectivity index (χ1n) is 6.40. The second kappa shape index (κ2) is 10.0. The molecule has 0 aromatic carbocycles. The molecule has 0 aliphatic heterocycles. The number of alkyl carbamates (subject to hydrolysis) is 1. The number of amides is 2. The molecule has 5 N–H and O–H groups in total. The molecule has 0 aromatic rings. The Morgan fingerprint density at radius 2 is 1.95 bits per heavy atom. The molecule has 0 saturated heterocycles. The van der Waals surface area contributed by atoms with E-state index < -0.39 is 18.2 Å². The Kier molecular flexibility index (Phi) is 9.10. The Bertz CT molecular complexity index is 335. The zero-order chi connectivity index (χ0) is 15.5. The number of amidine groups is 1. The Balaban J connectivity index is 4.20. The van der Waals surface area contributed by atoms with Gasteiger partial charge in [-0.3, -0.25) is 10.2 Å². The molecule has 0 aromatic heterocycles. The van der Waals surface area contributed by atoms with Gasteiger partial charge in [-0.15, -0.1) is 0 Å². The average molecular weight is 288 g/mol. The van der Waals surface area contributed by atoms with Gasteiger partial charge in [-0.05, 0) is 19.8 Å². The number of methoxy groups -OCH3 is 2. The van der Waals surface area contributed by atoms with Crippen molar-refractivity contribution in [3.63, 3.8) is 0 Å². The van der Waals surface area contributed by atoms with Crippen molar-refractivity contribution in [2.24, 2.45) is 5.73 Å². The summed E-state index contributed by atoms with van der Waals surface area (Å²) in [7, 11) is 2.68. The molecule has 116 valence electrons. The van der Waals surface area contributed by atoms with Crippen molar-refractivity contribution in [2.75, 3.05) is 20.8 Å². The highest BCUT2D eigenvalue weighted by molar-refractivity contribution is 5.86. The summed E-state index contributed by atoms with van der Waals surface area (Å²) in [5.74, 6) is -0.206. The van der Waals surface area contributed by atoms with Crippen molar-refractivity contribution in [2.45, 2.75) is 38.3 Å². The number of nitrogens with two attached hydrogens (primary N) is 1. The second-order valence-electron chi connectivity index (χ2n) is 4.33. The van der Waals surface area contributed by atoms with Crippen LogP contribution in [0.5, 0.6) is 0 Å². The number of ether oxygens (including phenoxy) is 2. The van der Waals surface area contributed by atoms with Crippen molar-refractivity contribution in [3.8, 4) is 0 Å². The summed E-state index contributed by atoms with van der Waals surface area (Å²) in [6.45, 7) is 2.12. The van der Waals surface area contributed by atoms with Crippen LogP contribution in [-0.2, 0) is 14.3 Å². The molecule has 0 radical (unpaired) electrons. The van der Waals surface area contributed by atoms with Gasteiger partial charge in [-0.1, -0.05) is 0 Å². The molecule has 0 saturated carbocycles. The summed E-state index contributed by atoms with van der Waals surface area (Å²) in [5.41, 5.74) is 5.23. The quantitative estimate of drug-likeness (QED) is 0.269. The van der Waals surface area contributed by atoms with E-state index in [1.165, 1.54) is 14.2 Å². The molecule has 20 heavy (non-hydrogen) atoms. The van der Waals surface area contributed by atoms with Crippen LogP contribution < -0.4 is 16.4 Å². The van der Waals surface area contributed by atoms with Crippen LogP contribution in [0, 0.1) is 5.41 Å². The lowest BCUT2D eigenvalue weighted by atomic mass is 10.1. The summed E-state index contributed by atoms with van der Waals surface area (Å²) in [6.07, 6.45) is 0.771. The minimum Gasteiger partial charge on any atom is -0.453 e. The largest absolute Gasteiger partial charge is 0.453 e. The smallest absolute Gasteiger partial charge is 0.407 e. The fourth-order valence-corrected chi connectivity index (χ4v) is 1.48. The second-order valence-corrected chi connectivity index (χ2v) is 4.33. The van der Waals surface area contributed by atoms with Crippen LogP contribution in [0.25, 0.3) is 0 Å². The standard InChI is InChI=1S/C12H24N4O4/c1-8(19-2)10(16-12(18)20-3)11(17)15-7-5-4-6-9(13)14/h8,10H,4-7H2,1-3H3,(H3,13,14)(H,15,17)(H,16,18). The molecule has 0 bridgehead atoms. The number of carbonyl (C=O) groups is 2. The Morgan fingerprint density at radius 3 is 2.45 bits per heavy atom. The lowest BCUT2D eigenvalue weighted by Gasteiger charge is -2.22. The Morgan fingerprint density at radius 1 is 1.30 bits per heavy atom. The van der Waals surface area contributed by atoms with E-state index in [9.17, 15) is 9.59 Å². The monoisotopic (exact) mass is 288 g/mol. The molecule has 2 unspecified atom stereocenters. The maximum atomic E-state index is 12.0. The molecule has 2 amide bonds. The highest BCUT2D eigenvalue weighted by Gasteiger charge is 2.26. The number of hydrogen-bond acceptors (Lipinski definition) is 5. The third-order valence-electron chi connectivity index (χ3n) is 2.75. The van der Waals surface area contributed by atoms with Gasteiger partial charge in [0.2, 0.25) is 5.91 Å². The summed E-state index contributed by atoms with van der Waals surface area (Å²) < 4.78 is 9.53. The van der Waals surface area contributed by atoms with Gasteiger partial charge in [0.15, 0.2) is 0 Å². The maximum Gasteiger partial charge on any atom is 0.407 e. The third kappa shape index (κ3) is 7.57. The first-order valence-corrected chi connectivity index (χ1v) is 6.40. The molecule has 2 atom stereocenters. The Labute approximate surface area is 118 Å². The average Bonchev–Trinajstić information content (AvgIpc) is 2.42. The van der Waals surface area contributed by atoms with E-state index in [0.29, 0.717) is 19.4 Å². The topological polar surface area (TPSA) is 127 Å². The highest BCUT2D eigenvalue weighted by Crippen LogP contribution is 2.00. The third-order valence-corrected chi connectivity index (χ3v) is 2.75. The highest BCUT2D eigenvalue weighted by atomic mass is 16.5. The van der Waals surface area contributed by atoms with Gasteiger partial charge in [-0.25, -0.2) is 4.79 Å². The van der Waals surface area contributed by atoms with Crippen molar-refractivity contribution in [1.82, 2.24) is 10.6 Å². The number of nitrogens with one attached hydrogen (secondary N) is 3. The van der Waals surface area contributed by atoms with Crippen molar-refractivity contribution in [1.29, 1.82) is 5.41 Å². The van der Waals surface area contributed by atoms with E-state index in [2.05, 4.69) is 15.4 Å². The van der Waals surface area contributed by atoms with Crippen LogP contribution in [0.2, 0.25) is 0 Å². The lowest BCUT2D eigenvalue weighted by molar-refractivity contribution is -0.126. The van der Waals surface area contributed by atoms with Crippen molar-refractivity contribution in [3.05, 3.63) is 0 Å². The van der Waals surface area contributed by atoms with E-state index in [1.54, 1.807) is 6.92 Å². The predicted octanol–water partition coefficient (Wildman–Crippen LogP) is -0.0316. The van der Waals surface area contributed by atoms with Gasteiger partial charge in [0.05, 0.1) is 19.0 Å². The lowest BCUT2D eigenvalue weighted by Crippen LogP contribution is -2.53. The normalized spacial score (nSPS) is 13.2. The molecular weight excluding hydrogens is 264 g/mol. The number of hydrogen-bond donors (Lipinski definition) is 4. The number of rotatable bonds is 9. The van der Waals surface area contributed by atoms with Crippen LogP contribution in [0.15, 0.2) is 0 Å². The minimum absolute atomic E-state index is 0.134. The summed E-state index contributed by atoms with van der Waals surface area (Å²) in [6, 6.07) is -0.819. The SMILES string of the molecule is COC(=O)NC(C(=O)NCCCCC(=N)N)C(C)OC. The molecule has 8 nitrogen and oxygen atoms in total. The van der Waals surface area contributed by atoms with Crippen LogP contribution >= 0.6 is 0 Å². The Hall–Kier alpha value is -1.83. The molecule has 8 heteroatoms. The molecule has 0 aliphatic carbocycles. The minimum atomic E-state index is -0.819. The van der Waals surface area contributed by atoms with Crippen LogP contribution in [0.1, 0.15) is 26.2 Å². The molecule has 0 aliphatic rings. The summed E-state index contributed by atoms with van der Waals surface area (Å²) in [4.78, 5) is 23.2. The predicted molar refractivity (Wildman–Crippen MR) is 74.6 cm³/mol. The van der Waals surface area contributed by atoms with Crippen LogP contribution in [0.3, 0.4) is 0 Å². The fourth-order valence-electron chi connectivity index (χ4n) is 1.48. The first-order chi connectivity index (χ1) is 9.42. The van der Waals surface area contributed by atoms with E-state index in [0.717, 1.165) is 6.42 Å². The molecule has 0 heterocycles. The van der Waals surface area contributed by atoms with Crippen molar-refractivity contribution >= 4 is 17.8 Å². The van der Waals surface area contributed by atoms with E-state index in [-0.39, 0.29) is 11.7 Å². The molecule has 0 rings (SSSR count). The first kappa shape index (κ1) is 18.2. The van der Waals surface area contributed by atoms with E-state index >= 15 is 0 Å². The van der Waals surface area contributed by atoms with Gasteiger partial charge < -0.3 is 25.8 Å². The van der Waals surface area contributed by atoms with E-state index in [4.69, 9.17) is 15.9 Å². The zero-order valence-electron chi connectivity index (χ0n) is 12.2. The van der Waals surface area contributed by atoms with Crippen molar-refractivity contribution < 1.29 is 19.1 Å². The van der Waals surface area contributed by atoms with Gasteiger partial charge in [0, 0.05) is 20.1 Å².